The first-order chi connectivity index (χ1) is 9.06. The van der Waals surface area contributed by atoms with Crippen LogP contribution in [0.15, 0.2) is 36.4 Å². The molecule has 0 saturated carbocycles. The number of hydrogen-bond donors (Lipinski definition) is 4. The van der Waals surface area contributed by atoms with Crippen LogP contribution in [0, 0.1) is 0 Å². The summed E-state index contributed by atoms with van der Waals surface area (Å²) in [5, 5.41) is 37.4. The average molecular weight is 260 g/mol. The maximum atomic E-state index is 9.64. The molecule has 0 aliphatic heterocycles. The molecule has 19 heavy (non-hydrogen) atoms. The van der Waals surface area contributed by atoms with Crippen molar-refractivity contribution in [3.63, 3.8) is 0 Å². The molecule has 0 radical (unpaired) electrons. The number of benzene rings is 2. The lowest BCUT2D eigenvalue weighted by Crippen LogP contribution is -1.90. The van der Waals surface area contributed by atoms with E-state index in [4.69, 9.17) is 0 Å². The zero-order valence-corrected chi connectivity index (χ0v) is 10.4. The van der Waals surface area contributed by atoms with Crippen molar-refractivity contribution in [2.45, 2.75) is 19.3 Å². The van der Waals surface area contributed by atoms with Crippen LogP contribution in [0.3, 0.4) is 0 Å². The standard InChI is InChI=1S/C15H16O4/c16-12-6-5-11(14(18)9-12)3-1-2-10-4-7-13(17)15(19)8-10/h4-9,16-19H,1-3H2. The van der Waals surface area contributed by atoms with Crippen LogP contribution in [-0.2, 0) is 12.8 Å². The topological polar surface area (TPSA) is 80.9 Å². The third-order valence-corrected chi connectivity index (χ3v) is 3.02. The van der Waals surface area contributed by atoms with Crippen molar-refractivity contribution in [3.05, 3.63) is 47.5 Å². The predicted molar refractivity (Wildman–Crippen MR) is 71.6 cm³/mol. The molecular formula is C15H16O4. The fraction of sp³-hybridized carbons (Fsp3) is 0.200. The number of phenols is 4. The Morgan fingerprint density at radius 1 is 0.684 bits per heavy atom. The summed E-state index contributed by atoms with van der Waals surface area (Å²) in [6.07, 6.45) is 2.20. The molecule has 0 atom stereocenters. The Balaban J connectivity index is 1.94. The minimum absolute atomic E-state index is 0.0460. The number of aryl methyl sites for hydroxylation is 2. The second-order valence-corrected chi connectivity index (χ2v) is 4.49. The van der Waals surface area contributed by atoms with Crippen molar-refractivity contribution in [2.24, 2.45) is 0 Å². The quantitative estimate of drug-likeness (QED) is 0.637. The fourth-order valence-corrected chi connectivity index (χ4v) is 1.97. The molecule has 4 N–H and O–H groups in total. The van der Waals surface area contributed by atoms with Gasteiger partial charge in [-0.1, -0.05) is 12.1 Å². The molecule has 0 unspecified atom stereocenters. The average Bonchev–Trinajstić information content (AvgIpc) is 2.36. The van der Waals surface area contributed by atoms with E-state index in [0.29, 0.717) is 6.42 Å². The summed E-state index contributed by atoms with van der Waals surface area (Å²) in [4.78, 5) is 0. The summed E-state index contributed by atoms with van der Waals surface area (Å²) in [5.41, 5.74) is 1.70. The lowest BCUT2D eigenvalue weighted by atomic mass is 10.0. The number of phenolic OH excluding ortho intramolecular Hbond substituents is 4. The van der Waals surface area contributed by atoms with Gasteiger partial charge in [-0.2, -0.15) is 0 Å². The molecule has 0 spiro atoms. The van der Waals surface area contributed by atoms with Crippen LogP contribution in [0.1, 0.15) is 17.5 Å². The summed E-state index contributed by atoms with van der Waals surface area (Å²) < 4.78 is 0. The molecule has 100 valence electrons. The van der Waals surface area contributed by atoms with Gasteiger partial charge in [-0.05, 0) is 48.6 Å². The van der Waals surface area contributed by atoms with E-state index in [0.717, 1.165) is 24.0 Å². The molecule has 0 amide bonds. The first-order valence-electron chi connectivity index (χ1n) is 6.08. The summed E-state index contributed by atoms with van der Waals surface area (Å²) >= 11 is 0. The summed E-state index contributed by atoms with van der Waals surface area (Å²) in [7, 11) is 0. The van der Waals surface area contributed by atoms with Crippen LogP contribution < -0.4 is 0 Å². The van der Waals surface area contributed by atoms with Crippen molar-refractivity contribution in [1.82, 2.24) is 0 Å². The van der Waals surface area contributed by atoms with E-state index in [9.17, 15) is 20.4 Å². The monoisotopic (exact) mass is 260 g/mol. The first kappa shape index (κ1) is 13.1. The SMILES string of the molecule is Oc1ccc(CCCc2ccc(O)c(O)c2)c(O)c1. The van der Waals surface area contributed by atoms with E-state index in [-0.39, 0.29) is 23.0 Å². The summed E-state index contributed by atoms with van der Waals surface area (Å²) in [5.74, 6) is -0.108. The predicted octanol–water partition coefficient (Wildman–Crippen LogP) is 2.68. The molecule has 0 aliphatic rings. The maximum absolute atomic E-state index is 9.64. The molecule has 2 aromatic carbocycles. The Bertz CT molecular complexity index is 578. The minimum atomic E-state index is -0.125. The molecule has 0 aromatic heterocycles. The third-order valence-electron chi connectivity index (χ3n) is 3.02. The number of hydrogen-bond acceptors (Lipinski definition) is 4. The van der Waals surface area contributed by atoms with Crippen molar-refractivity contribution in [2.75, 3.05) is 0 Å². The Labute approximate surface area is 111 Å². The van der Waals surface area contributed by atoms with E-state index in [2.05, 4.69) is 0 Å². The minimum Gasteiger partial charge on any atom is -0.508 e. The van der Waals surface area contributed by atoms with Gasteiger partial charge in [0.15, 0.2) is 11.5 Å². The normalized spacial score (nSPS) is 10.5. The van der Waals surface area contributed by atoms with Crippen LogP contribution >= 0.6 is 0 Å². The highest BCUT2D eigenvalue weighted by Crippen LogP contribution is 2.27. The zero-order chi connectivity index (χ0) is 13.8. The van der Waals surface area contributed by atoms with E-state index >= 15 is 0 Å². The van der Waals surface area contributed by atoms with Gasteiger partial charge in [-0.3, -0.25) is 0 Å². The molecule has 0 fully saturated rings. The van der Waals surface area contributed by atoms with E-state index < -0.39 is 0 Å². The highest BCUT2D eigenvalue weighted by atomic mass is 16.3. The van der Waals surface area contributed by atoms with Gasteiger partial charge in [0, 0.05) is 6.07 Å². The van der Waals surface area contributed by atoms with Crippen molar-refractivity contribution in [3.8, 4) is 23.0 Å². The van der Waals surface area contributed by atoms with E-state index in [1.807, 2.05) is 0 Å². The smallest absolute Gasteiger partial charge is 0.157 e. The molecular weight excluding hydrogens is 244 g/mol. The van der Waals surface area contributed by atoms with E-state index in [1.165, 1.54) is 18.2 Å². The molecule has 0 heterocycles. The van der Waals surface area contributed by atoms with Gasteiger partial charge in [0.1, 0.15) is 11.5 Å². The van der Waals surface area contributed by atoms with Crippen LogP contribution in [-0.4, -0.2) is 20.4 Å². The summed E-state index contributed by atoms with van der Waals surface area (Å²) in [6.45, 7) is 0. The van der Waals surface area contributed by atoms with Crippen molar-refractivity contribution < 1.29 is 20.4 Å². The van der Waals surface area contributed by atoms with Gasteiger partial charge in [-0.25, -0.2) is 0 Å². The Kier molecular flexibility index (Phi) is 3.80. The molecule has 0 bridgehead atoms. The molecule has 4 heteroatoms. The second-order valence-electron chi connectivity index (χ2n) is 4.49. The molecule has 2 rings (SSSR count). The largest absolute Gasteiger partial charge is 0.508 e. The molecule has 4 nitrogen and oxygen atoms in total. The Morgan fingerprint density at radius 2 is 1.47 bits per heavy atom. The maximum Gasteiger partial charge on any atom is 0.157 e. The Morgan fingerprint density at radius 3 is 2.16 bits per heavy atom. The first-order valence-corrected chi connectivity index (χ1v) is 6.08. The van der Waals surface area contributed by atoms with E-state index in [1.54, 1.807) is 18.2 Å². The van der Waals surface area contributed by atoms with Gasteiger partial charge < -0.3 is 20.4 Å². The molecule has 0 saturated heterocycles. The Hall–Kier alpha value is -2.36. The van der Waals surface area contributed by atoms with Gasteiger partial charge in [0.2, 0.25) is 0 Å². The van der Waals surface area contributed by atoms with Crippen LogP contribution in [0.2, 0.25) is 0 Å². The number of rotatable bonds is 4. The summed E-state index contributed by atoms with van der Waals surface area (Å²) in [6, 6.07) is 9.31. The van der Waals surface area contributed by atoms with Crippen molar-refractivity contribution >= 4 is 0 Å². The van der Waals surface area contributed by atoms with Crippen molar-refractivity contribution in [1.29, 1.82) is 0 Å². The van der Waals surface area contributed by atoms with Crippen LogP contribution in [0.5, 0.6) is 23.0 Å². The highest BCUT2D eigenvalue weighted by Gasteiger charge is 2.04. The van der Waals surface area contributed by atoms with Gasteiger partial charge in [-0.15, -0.1) is 0 Å². The second kappa shape index (κ2) is 5.52. The van der Waals surface area contributed by atoms with Gasteiger partial charge in [0.05, 0.1) is 0 Å². The molecule has 2 aromatic rings. The lowest BCUT2D eigenvalue weighted by molar-refractivity contribution is 0.403. The van der Waals surface area contributed by atoms with Gasteiger partial charge >= 0.3 is 0 Å². The van der Waals surface area contributed by atoms with Crippen LogP contribution in [0.25, 0.3) is 0 Å². The highest BCUT2D eigenvalue weighted by molar-refractivity contribution is 5.41. The van der Waals surface area contributed by atoms with Crippen LogP contribution in [0.4, 0.5) is 0 Å². The zero-order valence-electron chi connectivity index (χ0n) is 10.4. The van der Waals surface area contributed by atoms with Gasteiger partial charge in [0.25, 0.3) is 0 Å². The lowest BCUT2D eigenvalue weighted by Gasteiger charge is -2.06. The number of aromatic hydroxyl groups is 4. The molecule has 0 aliphatic carbocycles. The fourth-order valence-electron chi connectivity index (χ4n) is 1.97. The third kappa shape index (κ3) is 3.31.